The molecule has 0 bridgehead atoms. The molecule has 8 heteroatoms. The number of hydrogen-bond donors (Lipinski definition) is 1. The van der Waals surface area contributed by atoms with E-state index >= 15 is 0 Å². The van der Waals surface area contributed by atoms with Crippen molar-refractivity contribution in [3.8, 4) is 0 Å². The quantitative estimate of drug-likeness (QED) is 0.512. The highest BCUT2D eigenvalue weighted by Crippen LogP contribution is 2.27. The van der Waals surface area contributed by atoms with Gasteiger partial charge in [-0.15, -0.1) is 0 Å². The van der Waals surface area contributed by atoms with Crippen molar-refractivity contribution in [2.45, 2.75) is 69.6 Å². The number of nitrogens with zero attached hydrogens (tertiary/aromatic N) is 3. The number of aromatic nitrogens is 2. The van der Waals surface area contributed by atoms with Crippen LogP contribution in [0.15, 0.2) is 27.8 Å². The topological polar surface area (TPSA) is 80.5 Å². The van der Waals surface area contributed by atoms with E-state index in [1.54, 1.807) is 13.2 Å². The fraction of sp³-hybridized carbons (Fsp3) is 0.571. The van der Waals surface area contributed by atoms with Gasteiger partial charge in [0.1, 0.15) is 11.6 Å². The minimum absolute atomic E-state index is 0.0675. The Morgan fingerprint density at radius 1 is 1.38 bits per heavy atom. The third-order valence-corrected chi connectivity index (χ3v) is 5.65. The molecule has 1 N–H and O–H groups in total. The minimum atomic E-state index is -0.198. The number of anilines is 1. The molecule has 0 spiro atoms. The Morgan fingerprint density at radius 2 is 2.21 bits per heavy atom. The van der Waals surface area contributed by atoms with Crippen molar-refractivity contribution < 1.29 is 13.9 Å². The normalized spacial score (nSPS) is 17.0. The number of rotatable bonds is 8. The molecule has 0 saturated carbocycles. The number of thioether (sulfide) groups is 1. The van der Waals surface area contributed by atoms with E-state index in [-0.39, 0.29) is 11.9 Å². The Labute approximate surface area is 176 Å². The Balaban J connectivity index is 1.71. The predicted octanol–water partition coefficient (Wildman–Crippen LogP) is 4.03. The van der Waals surface area contributed by atoms with Crippen LogP contribution in [0.1, 0.15) is 62.0 Å². The summed E-state index contributed by atoms with van der Waals surface area (Å²) in [5.41, 5.74) is 0.870. The predicted molar refractivity (Wildman–Crippen MR) is 114 cm³/mol. The number of methoxy groups -OCH3 is 1. The number of nitrogens with one attached hydrogen (secondary N) is 1. The summed E-state index contributed by atoms with van der Waals surface area (Å²) in [5, 5.41) is 3.52. The van der Waals surface area contributed by atoms with Crippen molar-refractivity contribution in [1.29, 1.82) is 0 Å². The van der Waals surface area contributed by atoms with Crippen molar-refractivity contribution in [3.05, 3.63) is 35.4 Å². The summed E-state index contributed by atoms with van der Waals surface area (Å²) < 4.78 is 11.0. The van der Waals surface area contributed by atoms with Gasteiger partial charge in [0.2, 0.25) is 0 Å². The van der Waals surface area contributed by atoms with Crippen LogP contribution in [0.25, 0.3) is 0 Å². The van der Waals surface area contributed by atoms with Crippen LogP contribution >= 0.6 is 11.8 Å². The number of hydrogen-bond acceptors (Lipinski definition) is 7. The van der Waals surface area contributed by atoms with Gasteiger partial charge in [0.25, 0.3) is 5.91 Å². The van der Waals surface area contributed by atoms with Gasteiger partial charge in [-0.3, -0.25) is 4.79 Å². The summed E-state index contributed by atoms with van der Waals surface area (Å²) in [7, 11) is 1.67. The Kier molecular flexibility index (Phi) is 7.55. The van der Waals surface area contributed by atoms with Gasteiger partial charge in [-0.25, -0.2) is 9.97 Å². The lowest BCUT2D eigenvalue weighted by atomic mass is 10.0. The highest BCUT2D eigenvalue weighted by Gasteiger charge is 2.21. The van der Waals surface area contributed by atoms with Crippen LogP contribution in [-0.4, -0.2) is 41.6 Å². The van der Waals surface area contributed by atoms with E-state index in [1.165, 1.54) is 31.0 Å². The van der Waals surface area contributed by atoms with Crippen LogP contribution in [0.2, 0.25) is 0 Å². The average molecular weight is 419 g/mol. The van der Waals surface area contributed by atoms with Gasteiger partial charge in [0, 0.05) is 31.8 Å². The van der Waals surface area contributed by atoms with Gasteiger partial charge in [-0.1, -0.05) is 11.8 Å². The molecule has 1 atom stereocenters. The monoisotopic (exact) mass is 418 g/mol. The van der Waals surface area contributed by atoms with E-state index in [1.807, 2.05) is 26.0 Å². The van der Waals surface area contributed by atoms with Gasteiger partial charge in [0.15, 0.2) is 10.9 Å². The molecule has 2 aromatic heterocycles. The highest BCUT2D eigenvalue weighted by atomic mass is 32.2. The third kappa shape index (κ3) is 5.96. The first-order valence-electron chi connectivity index (χ1n) is 10.1. The standard InChI is InChI=1S/C21H30N4O3S/c1-14(2)22-20(26)18-9-8-17(28-18)13-29-21-23-16(12-27-4)11-19(24-21)25-10-6-5-7-15(25)3/h8-9,11,14-15H,5-7,10,12-13H2,1-4H3,(H,22,26). The van der Waals surface area contributed by atoms with Crippen molar-refractivity contribution in [1.82, 2.24) is 15.3 Å². The van der Waals surface area contributed by atoms with E-state index in [4.69, 9.17) is 14.1 Å². The molecule has 7 nitrogen and oxygen atoms in total. The molecule has 3 rings (SSSR count). The maximum Gasteiger partial charge on any atom is 0.287 e. The molecule has 0 aromatic carbocycles. The Bertz CT molecular complexity index is 824. The van der Waals surface area contributed by atoms with Gasteiger partial charge in [-0.2, -0.15) is 0 Å². The molecule has 1 unspecified atom stereocenters. The molecule has 0 radical (unpaired) electrons. The molecular weight excluding hydrogens is 388 g/mol. The molecule has 1 amide bonds. The van der Waals surface area contributed by atoms with Crippen molar-refractivity contribution in [2.24, 2.45) is 0 Å². The number of furan rings is 1. The summed E-state index contributed by atoms with van der Waals surface area (Å²) >= 11 is 1.50. The molecule has 29 heavy (non-hydrogen) atoms. The van der Waals surface area contributed by atoms with Crippen molar-refractivity contribution >= 4 is 23.5 Å². The fourth-order valence-corrected chi connectivity index (χ4v) is 4.14. The van der Waals surface area contributed by atoms with Crippen LogP contribution in [0, 0.1) is 0 Å². The lowest BCUT2D eigenvalue weighted by Crippen LogP contribution is -2.38. The van der Waals surface area contributed by atoms with Crippen molar-refractivity contribution in [3.63, 3.8) is 0 Å². The molecule has 0 aliphatic carbocycles. The lowest BCUT2D eigenvalue weighted by Gasteiger charge is -2.34. The number of piperidine rings is 1. The first kappa shape index (κ1) is 21.6. The summed E-state index contributed by atoms with van der Waals surface area (Å²) in [6.07, 6.45) is 3.63. The number of ether oxygens (including phenoxy) is 1. The van der Waals surface area contributed by atoms with E-state index in [0.29, 0.717) is 29.3 Å². The van der Waals surface area contributed by atoms with Crippen LogP contribution in [0.3, 0.4) is 0 Å². The Hall–Kier alpha value is -2.06. The van der Waals surface area contributed by atoms with Gasteiger partial charge in [0.05, 0.1) is 18.1 Å². The first-order valence-corrected chi connectivity index (χ1v) is 11.1. The molecule has 158 valence electrons. The fourth-order valence-electron chi connectivity index (χ4n) is 3.38. The lowest BCUT2D eigenvalue weighted by molar-refractivity contribution is 0.0913. The van der Waals surface area contributed by atoms with Crippen molar-refractivity contribution in [2.75, 3.05) is 18.6 Å². The largest absolute Gasteiger partial charge is 0.455 e. The number of carbonyl (C=O) groups excluding carboxylic acids is 1. The van der Waals surface area contributed by atoms with E-state index in [2.05, 4.69) is 22.1 Å². The van der Waals surface area contributed by atoms with E-state index < -0.39 is 0 Å². The zero-order chi connectivity index (χ0) is 20.8. The average Bonchev–Trinajstić information content (AvgIpc) is 3.16. The smallest absolute Gasteiger partial charge is 0.287 e. The molecule has 1 aliphatic heterocycles. The van der Waals surface area contributed by atoms with E-state index in [0.717, 1.165) is 23.8 Å². The molecule has 3 heterocycles. The van der Waals surface area contributed by atoms with Gasteiger partial charge in [-0.05, 0) is 52.2 Å². The summed E-state index contributed by atoms with van der Waals surface area (Å²) in [6.45, 7) is 7.55. The van der Waals surface area contributed by atoms with E-state index in [9.17, 15) is 4.79 Å². The minimum Gasteiger partial charge on any atom is -0.455 e. The molecule has 1 aliphatic rings. The zero-order valence-electron chi connectivity index (χ0n) is 17.6. The highest BCUT2D eigenvalue weighted by molar-refractivity contribution is 7.98. The van der Waals surface area contributed by atoms with Gasteiger partial charge < -0.3 is 19.4 Å². The summed E-state index contributed by atoms with van der Waals surface area (Å²) in [6, 6.07) is 6.10. The van der Waals surface area contributed by atoms with Crippen LogP contribution in [0.5, 0.6) is 0 Å². The summed E-state index contributed by atoms with van der Waals surface area (Å²) in [5.74, 6) is 2.36. The molecular formula is C21H30N4O3S. The maximum atomic E-state index is 12.1. The first-order chi connectivity index (χ1) is 14.0. The number of amides is 1. The Morgan fingerprint density at radius 3 is 2.93 bits per heavy atom. The summed E-state index contributed by atoms with van der Waals surface area (Å²) in [4.78, 5) is 23.8. The second kappa shape index (κ2) is 10.1. The van der Waals surface area contributed by atoms with Crippen LogP contribution in [-0.2, 0) is 17.1 Å². The molecule has 2 aromatic rings. The molecule has 1 saturated heterocycles. The van der Waals surface area contributed by atoms with Crippen LogP contribution in [0.4, 0.5) is 5.82 Å². The SMILES string of the molecule is COCc1cc(N2CCCCC2C)nc(SCc2ccc(C(=O)NC(C)C)o2)n1. The number of carbonyl (C=O) groups is 1. The maximum absolute atomic E-state index is 12.1. The second-order valence-corrected chi connectivity index (χ2v) is 8.60. The van der Waals surface area contributed by atoms with Gasteiger partial charge >= 0.3 is 0 Å². The molecule has 1 fully saturated rings. The zero-order valence-corrected chi connectivity index (χ0v) is 18.4. The van der Waals surface area contributed by atoms with Crippen LogP contribution < -0.4 is 10.2 Å². The third-order valence-electron chi connectivity index (χ3n) is 4.78. The second-order valence-electron chi connectivity index (χ2n) is 7.65.